The number of thioether (sulfide) groups is 1. The van der Waals surface area contributed by atoms with Crippen LogP contribution in [0.3, 0.4) is 0 Å². The molecule has 3 aliphatic rings. The second-order valence-electron chi connectivity index (χ2n) is 9.60. The number of piperidine rings is 1. The molecule has 2 fully saturated rings. The van der Waals surface area contributed by atoms with Gasteiger partial charge in [0.1, 0.15) is 6.04 Å². The molecule has 34 heavy (non-hydrogen) atoms. The van der Waals surface area contributed by atoms with Crippen molar-refractivity contribution in [2.75, 3.05) is 38.5 Å². The molecule has 3 amide bonds. The molecule has 0 aliphatic carbocycles. The lowest BCUT2D eigenvalue weighted by molar-refractivity contribution is -0.136. The zero-order valence-corrected chi connectivity index (χ0v) is 21.0. The maximum atomic E-state index is 12.9. The lowest BCUT2D eigenvalue weighted by Gasteiger charge is -2.29. The van der Waals surface area contributed by atoms with Crippen molar-refractivity contribution in [2.45, 2.75) is 75.3 Å². The molecule has 2 N–H and O–H groups in total. The molecule has 2 saturated heterocycles. The third-order valence-corrected chi connectivity index (χ3v) is 8.31. The number of carbonyl (C=O) groups is 3. The van der Waals surface area contributed by atoms with Crippen molar-refractivity contribution in [1.29, 1.82) is 0 Å². The first-order valence-electron chi connectivity index (χ1n) is 13.0. The van der Waals surface area contributed by atoms with E-state index in [9.17, 15) is 14.4 Å². The van der Waals surface area contributed by atoms with Gasteiger partial charge in [0.25, 0.3) is 5.91 Å². The number of fused-ring (bicyclic) bond motifs is 1. The molecule has 4 rings (SSSR count). The number of hydrogen-bond acceptors (Lipinski definition) is 6. The van der Waals surface area contributed by atoms with Crippen LogP contribution in [-0.4, -0.2) is 72.0 Å². The second-order valence-corrected chi connectivity index (χ2v) is 10.7. The zero-order valence-electron chi connectivity index (χ0n) is 20.2. The average molecular weight is 487 g/mol. The Hall–Kier alpha value is -1.90. The van der Waals surface area contributed by atoms with E-state index in [0.29, 0.717) is 18.5 Å². The number of piperazine rings is 1. The van der Waals surface area contributed by atoms with Gasteiger partial charge in [-0.15, -0.1) is 11.8 Å². The molecule has 1 aromatic rings. The smallest absolute Gasteiger partial charge is 0.255 e. The molecular formula is C26H38N4O3S. The average Bonchev–Trinajstić information content (AvgIpc) is 3.18. The number of nitrogens with zero attached hydrogens (tertiary/aromatic N) is 2. The Morgan fingerprint density at radius 1 is 0.941 bits per heavy atom. The molecule has 1 aromatic carbocycles. The number of benzene rings is 1. The summed E-state index contributed by atoms with van der Waals surface area (Å²) < 4.78 is 0. The fourth-order valence-corrected chi connectivity index (χ4v) is 6.22. The summed E-state index contributed by atoms with van der Waals surface area (Å²) in [5.74, 6) is 0.350. The Morgan fingerprint density at radius 3 is 2.44 bits per heavy atom. The molecule has 7 nitrogen and oxygen atoms in total. The summed E-state index contributed by atoms with van der Waals surface area (Å²) in [6.45, 7) is 6.38. The summed E-state index contributed by atoms with van der Waals surface area (Å²) >= 11 is 1.82. The number of rotatable bonds is 12. The van der Waals surface area contributed by atoms with E-state index in [1.54, 1.807) is 4.90 Å². The standard InChI is InChI=1S/C26H38N4O3S/c31-24-12-11-22(25(32)28-24)30-19-21-20(26(30)33)9-8-10-23(21)34-18-7-5-3-1-2-4-6-15-29-16-13-27-14-17-29/h8-10,22,27H,1-7,11-19H2,(H,28,31,32). The molecule has 0 radical (unpaired) electrons. The molecule has 0 saturated carbocycles. The van der Waals surface area contributed by atoms with Gasteiger partial charge in [0.15, 0.2) is 0 Å². The molecule has 3 aliphatic heterocycles. The van der Waals surface area contributed by atoms with E-state index in [4.69, 9.17) is 0 Å². The van der Waals surface area contributed by atoms with Crippen molar-refractivity contribution in [2.24, 2.45) is 0 Å². The summed E-state index contributed by atoms with van der Waals surface area (Å²) in [6.07, 6.45) is 9.74. The highest BCUT2D eigenvalue weighted by atomic mass is 32.2. The monoisotopic (exact) mass is 486 g/mol. The lowest BCUT2D eigenvalue weighted by Crippen LogP contribution is -2.52. The van der Waals surface area contributed by atoms with E-state index in [1.807, 2.05) is 23.9 Å². The van der Waals surface area contributed by atoms with Gasteiger partial charge in [0.05, 0.1) is 0 Å². The minimum Gasteiger partial charge on any atom is -0.322 e. The van der Waals surface area contributed by atoms with Gasteiger partial charge in [0, 0.05) is 49.6 Å². The van der Waals surface area contributed by atoms with Crippen molar-refractivity contribution >= 4 is 29.5 Å². The van der Waals surface area contributed by atoms with Crippen LogP contribution in [0, 0.1) is 0 Å². The normalized spacial score (nSPS) is 21.1. The molecular weight excluding hydrogens is 448 g/mol. The van der Waals surface area contributed by atoms with Crippen LogP contribution in [0.25, 0.3) is 0 Å². The van der Waals surface area contributed by atoms with Crippen LogP contribution in [0.2, 0.25) is 0 Å². The molecule has 186 valence electrons. The van der Waals surface area contributed by atoms with Gasteiger partial charge in [0.2, 0.25) is 11.8 Å². The number of unbranched alkanes of at least 4 members (excludes halogenated alkanes) is 6. The second kappa shape index (κ2) is 12.7. The topological polar surface area (TPSA) is 81.8 Å². The van der Waals surface area contributed by atoms with Crippen LogP contribution < -0.4 is 10.6 Å². The van der Waals surface area contributed by atoms with Gasteiger partial charge >= 0.3 is 0 Å². The van der Waals surface area contributed by atoms with E-state index >= 15 is 0 Å². The van der Waals surface area contributed by atoms with Gasteiger partial charge in [-0.05, 0) is 49.3 Å². The summed E-state index contributed by atoms with van der Waals surface area (Å²) in [5.41, 5.74) is 1.74. The minimum absolute atomic E-state index is 0.0936. The SMILES string of the molecule is O=C1CCC(N2Cc3c(SCCCCCCCCCN4CCNCC4)cccc3C2=O)C(=O)N1. The highest BCUT2D eigenvalue weighted by Crippen LogP contribution is 2.34. The Labute approximate surface area is 207 Å². The first-order chi connectivity index (χ1) is 16.6. The molecule has 1 atom stereocenters. The van der Waals surface area contributed by atoms with Gasteiger partial charge in [-0.3, -0.25) is 19.7 Å². The van der Waals surface area contributed by atoms with Crippen LogP contribution in [-0.2, 0) is 16.1 Å². The first kappa shape index (κ1) is 25.2. The number of imide groups is 1. The van der Waals surface area contributed by atoms with E-state index in [-0.39, 0.29) is 24.1 Å². The fourth-order valence-electron chi connectivity index (χ4n) is 5.13. The predicted octanol–water partition coefficient (Wildman–Crippen LogP) is 3.18. The number of nitrogens with one attached hydrogen (secondary N) is 2. The van der Waals surface area contributed by atoms with E-state index < -0.39 is 6.04 Å². The molecule has 0 bridgehead atoms. The highest BCUT2D eigenvalue weighted by Gasteiger charge is 2.39. The molecule has 1 unspecified atom stereocenters. The third-order valence-electron chi connectivity index (χ3n) is 7.12. The summed E-state index contributed by atoms with van der Waals surface area (Å²) in [5, 5.41) is 5.78. The van der Waals surface area contributed by atoms with Crippen molar-refractivity contribution in [1.82, 2.24) is 20.4 Å². The van der Waals surface area contributed by atoms with Gasteiger partial charge in [-0.25, -0.2) is 0 Å². The maximum Gasteiger partial charge on any atom is 0.255 e. The van der Waals surface area contributed by atoms with E-state index in [0.717, 1.165) is 29.3 Å². The molecule has 0 aromatic heterocycles. The first-order valence-corrected chi connectivity index (χ1v) is 13.9. The Balaban J connectivity index is 1.12. The van der Waals surface area contributed by atoms with Gasteiger partial charge in [-0.2, -0.15) is 0 Å². The van der Waals surface area contributed by atoms with Crippen molar-refractivity contribution < 1.29 is 14.4 Å². The summed E-state index contributed by atoms with van der Waals surface area (Å²) in [6, 6.07) is 5.33. The van der Waals surface area contributed by atoms with Crippen molar-refractivity contribution in [3.63, 3.8) is 0 Å². The van der Waals surface area contributed by atoms with E-state index in [2.05, 4.69) is 21.6 Å². The number of carbonyl (C=O) groups excluding carboxylic acids is 3. The molecule has 3 heterocycles. The third kappa shape index (κ3) is 6.61. The number of hydrogen-bond donors (Lipinski definition) is 2. The van der Waals surface area contributed by atoms with Crippen LogP contribution in [0.15, 0.2) is 23.1 Å². The van der Waals surface area contributed by atoms with Crippen molar-refractivity contribution in [3.8, 4) is 0 Å². The van der Waals surface area contributed by atoms with Gasteiger partial charge < -0.3 is 15.1 Å². The minimum atomic E-state index is -0.549. The Bertz CT molecular complexity index is 872. The Morgan fingerprint density at radius 2 is 1.68 bits per heavy atom. The van der Waals surface area contributed by atoms with Gasteiger partial charge in [-0.1, -0.05) is 38.2 Å². The predicted molar refractivity (Wildman–Crippen MR) is 135 cm³/mol. The van der Waals surface area contributed by atoms with Crippen LogP contribution >= 0.6 is 11.8 Å². The van der Waals surface area contributed by atoms with Crippen LogP contribution in [0.1, 0.15) is 73.7 Å². The number of amides is 3. The zero-order chi connectivity index (χ0) is 23.8. The molecule has 8 heteroatoms. The lowest BCUT2D eigenvalue weighted by atomic mass is 10.0. The Kier molecular flexibility index (Phi) is 9.41. The van der Waals surface area contributed by atoms with Crippen molar-refractivity contribution in [3.05, 3.63) is 29.3 Å². The molecule has 0 spiro atoms. The maximum absolute atomic E-state index is 12.9. The largest absolute Gasteiger partial charge is 0.322 e. The van der Waals surface area contributed by atoms with Crippen LogP contribution in [0.4, 0.5) is 0 Å². The summed E-state index contributed by atoms with van der Waals surface area (Å²) in [7, 11) is 0. The summed E-state index contributed by atoms with van der Waals surface area (Å²) in [4.78, 5) is 42.0. The van der Waals surface area contributed by atoms with Crippen LogP contribution in [0.5, 0.6) is 0 Å². The highest BCUT2D eigenvalue weighted by molar-refractivity contribution is 7.99. The quantitative estimate of drug-likeness (QED) is 0.268. The van der Waals surface area contributed by atoms with E-state index in [1.165, 1.54) is 64.6 Å². The fraction of sp³-hybridized carbons (Fsp3) is 0.654.